The molecule has 132 valence electrons. The van der Waals surface area contributed by atoms with E-state index in [-0.39, 0.29) is 5.91 Å². The number of likely N-dealkylation sites (N-methyl/N-ethyl adjacent to an activating group) is 1. The predicted octanol–water partition coefficient (Wildman–Crippen LogP) is 1.95. The molecule has 0 unspecified atom stereocenters. The summed E-state index contributed by atoms with van der Waals surface area (Å²) in [6.45, 7) is 2.86. The van der Waals surface area contributed by atoms with Gasteiger partial charge in [0, 0.05) is 32.3 Å². The van der Waals surface area contributed by atoms with E-state index in [0.717, 1.165) is 36.7 Å². The second-order valence-electron chi connectivity index (χ2n) is 6.89. The summed E-state index contributed by atoms with van der Waals surface area (Å²) in [6.07, 6.45) is 4.03. The molecular weight excluding hydrogens is 304 g/mol. The first kappa shape index (κ1) is 17.2. The minimum Gasteiger partial charge on any atom is -0.497 e. The molecule has 3 rings (SSSR count). The van der Waals surface area contributed by atoms with Crippen molar-refractivity contribution in [3.8, 4) is 5.75 Å². The third kappa shape index (κ3) is 3.73. The maximum atomic E-state index is 13.0. The zero-order chi connectivity index (χ0) is 17.0. The molecule has 0 atom stereocenters. The van der Waals surface area contributed by atoms with Crippen LogP contribution in [0.4, 0.5) is 0 Å². The molecule has 1 aliphatic heterocycles. The molecule has 1 heterocycles. The van der Waals surface area contributed by atoms with Gasteiger partial charge in [-0.2, -0.15) is 0 Å². The Balaban J connectivity index is 1.68. The summed E-state index contributed by atoms with van der Waals surface area (Å²) in [4.78, 5) is 15.4. The van der Waals surface area contributed by atoms with Gasteiger partial charge in [-0.3, -0.25) is 4.79 Å². The largest absolute Gasteiger partial charge is 0.497 e. The van der Waals surface area contributed by atoms with E-state index in [1.165, 1.54) is 12.8 Å². The van der Waals surface area contributed by atoms with Crippen LogP contribution in [0.25, 0.3) is 0 Å². The van der Waals surface area contributed by atoms with Gasteiger partial charge in [0.25, 0.3) is 0 Å². The molecule has 1 N–H and O–H groups in total. The van der Waals surface area contributed by atoms with E-state index in [2.05, 4.69) is 17.3 Å². The van der Waals surface area contributed by atoms with Gasteiger partial charge in [-0.1, -0.05) is 12.1 Å². The zero-order valence-electron chi connectivity index (χ0n) is 14.7. The lowest BCUT2D eigenvalue weighted by Gasteiger charge is -2.36. The Bertz CT molecular complexity index is 548. The Morgan fingerprint density at radius 3 is 2.54 bits per heavy atom. The van der Waals surface area contributed by atoms with Crippen molar-refractivity contribution >= 4 is 5.91 Å². The molecular formula is C19H28N2O3. The van der Waals surface area contributed by atoms with E-state index >= 15 is 0 Å². The van der Waals surface area contributed by atoms with Gasteiger partial charge in [0.1, 0.15) is 5.75 Å². The van der Waals surface area contributed by atoms with Gasteiger partial charge in [0.2, 0.25) is 5.91 Å². The average molecular weight is 332 g/mol. The zero-order valence-corrected chi connectivity index (χ0v) is 14.7. The number of hydrogen-bond donors (Lipinski definition) is 1. The minimum absolute atomic E-state index is 0.125. The Morgan fingerprint density at radius 2 is 1.96 bits per heavy atom. The first-order chi connectivity index (χ1) is 11.7. The third-order valence-electron chi connectivity index (χ3n) is 5.34. The van der Waals surface area contributed by atoms with E-state index in [1.807, 2.05) is 24.3 Å². The van der Waals surface area contributed by atoms with Gasteiger partial charge in [-0.15, -0.1) is 0 Å². The number of ether oxygens (including phenoxy) is 2. The van der Waals surface area contributed by atoms with Crippen LogP contribution in [0.5, 0.6) is 5.75 Å². The molecule has 2 aliphatic rings. The van der Waals surface area contributed by atoms with E-state index in [0.29, 0.717) is 19.8 Å². The van der Waals surface area contributed by atoms with Crippen molar-refractivity contribution in [3.05, 3.63) is 29.8 Å². The van der Waals surface area contributed by atoms with E-state index < -0.39 is 5.41 Å². The maximum Gasteiger partial charge on any atom is 0.230 e. The van der Waals surface area contributed by atoms with Crippen LogP contribution >= 0.6 is 0 Å². The van der Waals surface area contributed by atoms with Crippen LogP contribution in [-0.2, 0) is 14.9 Å². The highest BCUT2D eigenvalue weighted by atomic mass is 16.5. The van der Waals surface area contributed by atoms with Crippen molar-refractivity contribution in [1.29, 1.82) is 0 Å². The van der Waals surface area contributed by atoms with Crippen molar-refractivity contribution in [1.82, 2.24) is 10.2 Å². The summed E-state index contributed by atoms with van der Waals surface area (Å²) in [5.41, 5.74) is 0.572. The van der Waals surface area contributed by atoms with Crippen LogP contribution in [-0.4, -0.2) is 57.3 Å². The molecule has 1 aromatic carbocycles. The normalized spacial score (nSPS) is 20.0. The molecule has 1 aliphatic carbocycles. The predicted molar refractivity (Wildman–Crippen MR) is 93.4 cm³/mol. The smallest absolute Gasteiger partial charge is 0.230 e. The fourth-order valence-electron chi connectivity index (χ4n) is 3.49. The van der Waals surface area contributed by atoms with Crippen LogP contribution in [0.15, 0.2) is 24.3 Å². The first-order valence-electron chi connectivity index (χ1n) is 8.86. The molecule has 2 fully saturated rings. The second kappa shape index (κ2) is 7.53. The van der Waals surface area contributed by atoms with Gasteiger partial charge in [0.05, 0.1) is 12.5 Å². The quantitative estimate of drug-likeness (QED) is 0.829. The second-order valence-corrected chi connectivity index (χ2v) is 6.89. The lowest BCUT2D eigenvalue weighted by atomic mass is 9.73. The molecule has 5 heteroatoms. The lowest BCUT2D eigenvalue weighted by molar-refractivity contribution is -0.130. The summed E-state index contributed by atoms with van der Waals surface area (Å²) in [5, 5.41) is 3.17. The van der Waals surface area contributed by atoms with Crippen molar-refractivity contribution in [2.45, 2.75) is 37.1 Å². The average Bonchev–Trinajstić information content (AvgIpc) is 3.47. The van der Waals surface area contributed by atoms with Crippen molar-refractivity contribution in [2.75, 3.05) is 40.5 Å². The summed E-state index contributed by atoms with van der Waals surface area (Å²) in [6, 6.07) is 8.61. The molecule has 0 aromatic heterocycles. The van der Waals surface area contributed by atoms with E-state index in [1.54, 1.807) is 7.11 Å². The van der Waals surface area contributed by atoms with E-state index in [4.69, 9.17) is 9.47 Å². The Hall–Kier alpha value is -1.59. The van der Waals surface area contributed by atoms with Gasteiger partial charge < -0.3 is 19.7 Å². The summed E-state index contributed by atoms with van der Waals surface area (Å²) < 4.78 is 10.7. The first-order valence-corrected chi connectivity index (χ1v) is 8.86. The topological polar surface area (TPSA) is 50.8 Å². The highest BCUT2D eigenvalue weighted by Gasteiger charge is 2.41. The van der Waals surface area contributed by atoms with Crippen LogP contribution in [0, 0.1) is 0 Å². The summed E-state index contributed by atoms with van der Waals surface area (Å²) in [5.74, 6) is 0.938. The molecule has 0 bridgehead atoms. The number of nitrogens with zero attached hydrogens (tertiary/aromatic N) is 1. The van der Waals surface area contributed by atoms with E-state index in [9.17, 15) is 4.79 Å². The molecule has 1 saturated carbocycles. The van der Waals surface area contributed by atoms with Crippen LogP contribution < -0.4 is 10.1 Å². The fourth-order valence-corrected chi connectivity index (χ4v) is 3.49. The number of methoxy groups -OCH3 is 1. The van der Waals surface area contributed by atoms with Crippen LogP contribution in [0.3, 0.4) is 0 Å². The third-order valence-corrected chi connectivity index (χ3v) is 5.34. The van der Waals surface area contributed by atoms with Gasteiger partial charge in [-0.05, 0) is 50.4 Å². The number of rotatable bonds is 7. The molecule has 24 heavy (non-hydrogen) atoms. The van der Waals surface area contributed by atoms with Crippen molar-refractivity contribution in [2.24, 2.45) is 0 Å². The standard InChI is InChI=1S/C19H28N2O3/c1-21(16-5-6-16)12-11-20-18(22)19(9-13-24-14-10-19)15-3-7-17(23-2)8-4-15/h3-4,7-8,16H,5-6,9-14H2,1-2H3,(H,20,22). The highest BCUT2D eigenvalue weighted by molar-refractivity contribution is 5.88. The molecule has 1 amide bonds. The Labute approximate surface area is 144 Å². The van der Waals surface area contributed by atoms with Crippen LogP contribution in [0.2, 0.25) is 0 Å². The number of carbonyl (C=O) groups is 1. The Morgan fingerprint density at radius 1 is 1.29 bits per heavy atom. The van der Waals surface area contributed by atoms with Crippen molar-refractivity contribution in [3.63, 3.8) is 0 Å². The molecule has 1 saturated heterocycles. The lowest BCUT2D eigenvalue weighted by Crippen LogP contribution is -2.49. The van der Waals surface area contributed by atoms with Gasteiger partial charge in [0.15, 0.2) is 0 Å². The van der Waals surface area contributed by atoms with Crippen molar-refractivity contribution < 1.29 is 14.3 Å². The number of carbonyl (C=O) groups excluding carboxylic acids is 1. The summed E-state index contributed by atoms with van der Waals surface area (Å²) in [7, 11) is 3.79. The summed E-state index contributed by atoms with van der Waals surface area (Å²) >= 11 is 0. The number of nitrogens with one attached hydrogen (secondary N) is 1. The SMILES string of the molecule is COc1ccc(C2(C(=O)NCCN(C)C3CC3)CCOCC2)cc1. The number of amides is 1. The monoisotopic (exact) mass is 332 g/mol. The van der Waals surface area contributed by atoms with Gasteiger partial charge >= 0.3 is 0 Å². The minimum atomic E-state index is -0.483. The van der Waals surface area contributed by atoms with Gasteiger partial charge in [-0.25, -0.2) is 0 Å². The Kier molecular flexibility index (Phi) is 5.41. The molecule has 0 spiro atoms. The number of hydrogen-bond acceptors (Lipinski definition) is 4. The van der Waals surface area contributed by atoms with Crippen LogP contribution in [0.1, 0.15) is 31.2 Å². The number of benzene rings is 1. The molecule has 0 radical (unpaired) electrons. The molecule has 1 aromatic rings. The molecule has 5 nitrogen and oxygen atoms in total. The fraction of sp³-hybridized carbons (Fsp3) is 0.632. The highest BCUT2D eigenvalue weighted by Crippen LogP contribution is 2.36. The maximum absolute atomic E-state index is 13.0.